The fraction of sp³-hybridized carbons (Fsp3) is 1.00. The van der Waals surface area contributed by atoms with Crippen molar-refractivity contribution in [3.05, 3.63) is 0 Å². The molecular formula is C15H27N. The van der Waals surface area contributed by atoms with Gasteiger partial charge in [-0.05, 0) is 55.3 Å². The Morgan fingerprint density at radius 3 is 2.00 bits per heavy atom. The van der Waals surface area contributed by atoms with Gasteiger partial charge in [0.2, 0.25) is 0 Å². The Balaban J connectivity index is 1.55. The Labute approximate surface area is 100 Å². The molecule has 16 heavy (non-hydrogen) atoms. The normalized spacial score (nSPS) is 49.5. The predicted molar refractivity (Wildman–Crippen MR) is 68.0 cm³/mol. The van der Waals surface area contributed by atoms with Crippen LogP contribution in [0.25, 0.3) is 0 Å². The van der Waals surface area contributed by atoms with Crippen molar-refractivity contribution in [2.24, 2.45) is 35.3 Å². The van der Waals surface area contributed by atoms with Crippen molar-refractivity contribution in [1.82, 2.24) is 0 Å². The van der Waals surface area contributed by atoms with Gasteiger partial charge in [0.15, 0.2) is 0 Å². The summed E-state index contributed by atoms with van der Waals surface area (Å²) in [6, 6.07) is 0.556. The molecule has 0 saturated heterocycles. The predicted octanol–water partition coefficient (Wildman–Crippen LogP) is 3.58. The molecule has 2 N–H and O–H groups in total. The van der Waals surface area contributed by atoms with Gasteiger partial charge in [0.05, 0.1) is 0 Å². The molecule has 0 aromatic heterocycles. The van der Waals surface area contributed by atoms with Gasteiger partial charge in [0.1, 0.15) is 0 Å². The van der Waals surface area contributed by atoms with Gasteiger partial charge >= 0.3 is 0 Å². The van der Waals surface area contributed by atoms with E-state index in [9.17, 15) is 0 Å². The lowest BCUT2D eigenvalue weighted by Gasteiger charge is -2.31. The van der Waals surface area contributed by atoms with Gasteiger partial charge in [-0.25, -0.2) is 0 Å². The molecule has 0 bridgehead atoms. The first-order valence-electron chi connectivity index (χ1n) is 7.53. The Morgan fingerprint density at radius 1 is 0.875 bits per heavy atom. The molecule has 0 heterocycles. The van der Waals surface area contributed by atoms with E-state index >= 15 is 0 Å². The van der Waals surface area contributed by atoms with Crippen LogP contribution in [0.15, 0.2) is 0 Å². The van der Waals surface area contributed by atoms with Crippen molar-refractivity contribution in [1.29, 1.82) is 0 Å². The second-order valence-electron chi connectivity index (χ2n) is 6.79. The van der Waals surface area contributed by atoms with Crippen molar-refractivity contribution in [2.45, 2.75) is 64.3 Å². The van der Waals surface area contributed by atoms with E-state index in [1.807, 2.05) is 0 Å². The molecular weight excluding hydrogens is 194 g/mol. The third-order valence-corrected chi connectivity index (χ3v) is 5.77. The minimum Gasteiger partial charge on any atom is -0.327 e. The number of hydrogen-bond acceptors (Lipinski definition) is 1. The number of nitrogens with two attached hydrogens (primary N) is 1. The summed E-state index contributed by atoms with van der Waals surface area (Å²) in [5.74, 6) is 4.85. The highest BCUT2D eigenvalue weighted by Crippen LogP contribution is 2.58. The fourth-order valence-corrected chi connectivity index (χ4v) is 4.60. The van der Waals surface area contributed by atoms with Crippen molar-refractivity contribution in [3.8, 4) is 0 Å². The van der Waals surface area contributed by atoms with Crippen LogP contribution < -0.4 is 5.73 Å². The summed E-state index contributed by atoms with van der Waals surface area (Å²) in [4.78, 5) is 0. The highest BCUT2D eigenvalue weighted by atomic mass is 14.8. The summed E-state index contributed by atoms with van der Waals surface area (Å²) in [5.41, 5.74) is 6.56. The molecule has 0 aliphatic heterocycles. The lowest BCUT2D eigenvalue weighted by Crippen LogP contribution is -2.35. The Morgan fingerprint density at radius 2 is 1.44 bits per heavy atom. The lowest BCUT2D eigenvalue weighted by molar-refractivity contribution is 0.234. The molecule has 3 aliphatic carbocycles. The van der Waals surface area contributed by atoms with E-state index in [1.165, 1.54) is 51.4 Å². The molecule has 3 unspecified atom stereocenters. The lowest BCUT2D eigenvalue weighted by atomic mass is 9.78. The number of rotatable bonds is 2. The molecule has 0 spiro atoms. The number of hydrogen-bond donors (Lipinski definition) is 1. The van der Waals surface area contributed by atoms with Crippen LogP contribution in [0.2, 0.25) is 0 Å². The molecule has 0 aromatic rings. The third kappa shape index (κ3) is 1.92. The molecule has 3 rings (SSSR count). The van der Waals surface area contributed by atoms with E-state index < -0.39 is 0 Å². The van der Waals surface area contributed by atoms with E-state index in [0.717, 1.165) is 29.6 Å². The average Bonchev–Trinajstić information content (AvgIpc) is 3.03. The molecule has 0 aromatic carbocycles. The zero-order chi connectivity index (χ0) is 11.1. The van der Waals surface area contributed by atoms with E-state index in [1.54, 1.807) is 0 Å². The first-order valence-corrected chi connectivity index (χ1v) is 7.53. The first kappa shape index (κ1) is 11.1. The topological polar surface area (TPSA) is 26.0 Å². The molecule has 1 heteroatoms. The zero-order valence-corrected chi connectivity index (χ0v) is 10.7. The standard InChI is InChI=1S/C15H27N/c1-10-6-8-11(9-7-10)15(16)14-12-4-2-3-5-13(12)14/h10-15H,2-9,16H2,1H3. The van der Waals surface area contributed by atoms with Gasteiger partial charge in [-0.15, -0.1) is 0 Å². The van der Waals surface area contributed by atoms with Crippen LogP contribution in [0.1, 0.15) is 58.3 Å². The second-order valence-corrected chi connectivity index (χ2v) is 6.79. The van der Waals surface area contributed by atoms with Crippen LogP contribution in [0, 0.1) is 29.6 Å². The Hall–Kier alpha value is -0.0400. The zero-order valence-electron chi connectivity index (χ0n) is 10.7. The average molecular weight is 221 g/mol. The SMILES string of the molecule is CC1CCC(C(N)C2C3CCCCC32)CC1. The van der Waals surface area contributed by atoms with Crippen LogP contribution in [-0.2, 0) is 0 Å². The first-order chi connectivity index (χ1) is 7.77. The highest BCUT2D eigenvalue weighted by molar-refractivity contribution is 5.05. The maximum Gasteiger partial charge on any atom is 0.0101 e. The van der Waals surface area contributed by atoms with Gasteiger partial charge in [-0.2, -0.15) is 0 Å². The van der Waals surface area contributed by atoms with E-state index in [4.69, 9.17) is 5.73 Å². The van der Waals surface area contributed by atoms with Crippen LogP contribution in [-0.4, -0.2) is 6.04 Å². The molecule has 3 fully saturated rings. The van der Waals surface area contributed by atoms with Crippen molar-refractivity contribution in [3.63, 3.8) is 0 Å². The van der Waals surface area contributed by atoms with E-state index in [2.05, 4.69) is 6.92 Å². The van der Waals surface area contributed by atoms with E-state index in [0.29, 0.717) is 6.04 Å². The van der Waals surface area contributed by atoms with Crippen LogP contribution >= 0.6 is 0 Å². The quantitative estimate of drug-likeness (QED) is 0.758. The summed E-state index contributed by atoms with van der Waals surface area (Å²) in [6.07, 6.45) is 11.6. The minimum atomic E-state index is 0.556. The molecule has 0 radical (unpaired) electrons. The fourth-order valence-electron chi connectivity index (χ4n) is 4.60. The van der Waals surface area contributed by atoms with Crippen LogP contribution in [0.3, 0.4) is 0 Å². The molecule has 92 valence electrons. The smallest absolute Gasteiger partial charge is 0.0101 e. The monoisotopic (exact) mass is 221 g/mol. The molecule has 0 amide bonds. The summed E-state index contributed by atoms with van der Waals surface area (Å²) in [5, 5.41) is 0. The Bertz CT molecular complexity index is 230. The molecule has 3 atom stereocenters. The maximum atomic E-state index is 6.56. The third-order valence-electron chi connectivity index (χ3n) is 5.77. The summed E-state index contributed by atoms with van der Waals surface area (Å²) in [6.45, 7) is 2.40. The second kappa shape index (κ2) is 4.33. The van der Waals surface area contributed by atoms with Crippen LogP contribution in [0.5, 0.6) is 0 Å². The van der Waals surface area contributed by atoms with Gasteiger partial charge in [-0.3, -0.25) is 0 Å². The summed E-state index contributed by atoms with van der Waals surface area (Å²) >= 11 is 0. The largest absolute Gasteiger partial charge is 0.327 e. The van der Waals surface area contributed by atoms with Crippen LogP contribution in [0.4, 0.5) is 0 Å². The van der Waals surface area contributed by atoms with E-state index in [-0.39, 0.29) is 0 Å². The van der Waals surface area contributed by atoms with Gasteiger partial charge < -0.3 is 5.73 Å². The molecule has 3 saturated carbocycles. The number of fused-ring (bicyclic) bond motifs is 1. The van der Waals surface area contributed by atoms with Crippen molar-refractivity contribution in [2.75, 3.05) is 0 Å². The highest BCUT2D eigenvalue weighted by Gasteiger charge is 2.54. The molecule has 3 aliphatic rings. The summed E-state index contributed by atoms with van der Waals surface area (Å²) < 4.78 is 0. The van der Waals surface area contributed by atoms with Crippen molar-refractivity contribution >= 4 is 0 Å². The molecule has 1 nitrogen and oxygen atoms in total. The van der Waals surface area contributed by atoms with Gasteiger partial charge in [0.25, 0.3) is 0 Å². The maximum absolute atomic E-state index is 6.56. The van der Waals surface area contributed by atoms with Gasteiger partial charge in [0, 0.05) is 6.04 Å². The minimum absolute atomic E-state index is 0.556. The Kier molecular flexibility index (Phi) is 2.99. The van der Waals surface area contributed by atoms with Gasteiger partial charge in [-0.1, -0.05) is 32.6 Å². The summed E-state index contributed by atoms with van der Waals surface area (Å²) in [7, 11) is 0. The van der Waals surface area contributed by atoms with Crippen molar-refractivity contribution < 1.29 is 0 Å².